The Hall–Kier alpha value is -3.19. The molecule has 0 heterocycles. The lowest BCUT2D eigenvalue weighted by Gasteiger charge is -2.23. The van der Waals surface area contributed by atoms with Crippen LogP contribution in [0.1, 0.15) is 48.5 Å². The Balaban J connectivity index is 2.44. The van der Waals surface area contributed by atoms with E-state index in [2.05, 4.69) is 0 Å². The fraction of sp³-hybridized carbons (Fsp3) is 0.200. The van der Waals surface area contributed by atoms with E-state index in [9.17, 15) is 40.5 Å². The SMILES string of the molecule is Cc1ccc(C)c(C(=O)P(=O)(C(=O)c2c(C(F)(F)F)cccc2C(F)(F)F)c2ccccc2)c1C. The predicted molar refractivity (Wildman–Crippen MR) is 119 cm³/mol. The van der Waals surface area contributed by atoms with Gasteiger partial charge < -0.3 is 4.57 Å². The molecule has 0 aromatic heterocycles. The van der Waals surface area contributed by atoms with E-state index in [1.54, 1.807) is 13.0 Å². The summed E-state index contributed by atoms with van der Waals surface area (Å²) >= 11 is 0. The quantitative estimate of drug-likeness (QED) is 0.266. The molecule has 3 nitrogen and oxygen atoms in total. The Bertz CT molecular complexity index is 1330. The van der Waals surface area contributed by atoms with Crippen molar-refractivity contribution in [2.75, 3.05) is 0 Å². The van der Waals surface area contributed by atoms with Crippen LogP contribution in [0.3, 0.4) is 0 Å². The van der Waals surface area contributed by atoms with Gasteiger partial charge in [0.2, 0.25) is 18.2 Å². The average Bonchev–Trinajstić information content (AvgIpc) is 2.79. The van der Waals surface area contributed by atoms with E-state index in [4.69, 9.17) is 0 Å². The minimum absolute atomic E-state index is 0.177. The highest BCUT2D eigenvalue weighted by atomic mass is 31.2. The van der Waals surface area contributed by atoms with Crippen LogP contribution < -0.4 is 5.30 Å². The number of benzene rings is 3. The first-order valence-corrected chi connectivity index (χ1v) is 11.9. The first kappa shape index (κ1) is 26.4. The van der Waals surface area contributed by atoms with Crippen molar-refractivity contribution < 1.29 is 40.5 Å². The minimum Gasteiger partial charge on any atom is -0.302 e. The molecule has 0 saturated carbocycles. The highest BCUT2D eigenvalue weighted by Gasteiger charge is 2.50. The number of hydrogen-bond donors (Lipinski definition) is 0. The molecule has 0 N–H and O–H groups in total. The van der Waals surface area contributed by atoms with Gasteiger partial charge in [0.05, 0.1) is 16.7 Å². The number of aryl methyl sites for hydroxylation is 2. The largest absolute Gasteiger partial charge is 0.417 e. The van der Waals surface area contributed by atoms with Crippen molar-refractivity contribution in [3.63, 3.8) is 0 Å². The van der Waals surface area contributed by atoms with Crippen LogP contribution >= 0.6 is 7.14 Å². The first-order valence-electron chi connectivity index (χ1n) is 10.2. The number of alkyl halides is 6. The third-order valence-electron chi connectivity index (χ3n) is 5.74. The molecule has 3 aromatic rings. The molecule has 0 spiro atoms. The van der Waals surface area contributed by atoms with Crippen molar-refractivity contribution in [3.8, 4) is 0 Å². The normalized spacial score (nSPS) is 13.9. The lowest BCUT2D eigenvalue weighted by atomic mass is 9.99. The molecule has 0 saturated heterocycles. The number of hydrogen-bond acceptors (Lipinski definition) is 3. The van der Waals surface area contributed by atoms with Crippen LogP contribution in [-0.4, -0.2) is 11.0 Å². The van der Waals surface area contributed by atoms with Crippen LogP contribution in [0, 0.1) is 20.8 Å². The molecule has 0 bridgehead atoms. The molecule has 3 aromatic carbocycles. The maximum absolute atomic E-state index is 14.4. The van der Waals surface area contributed by atoms with E-state index < -0.39 is 52.5 Å². The second-order valence-corrected chi connectivity index (χ2v) is 10.5. The molecule has 10 heteroatoms. The van der Waals surface area contributed by atoms with Gasteiger partial charge in [0.15, 0.2) is 0 Å². The Morgan fingerprint density at radius 2 is 1.09 bits per heavy atom. The maximum Gasteiger partial charge on any atom is 0.417 e. The topological polar surface area (TPSA) is 51.2 Å². The van der Waals surface area contributed by atoms with Crippen LogP contribution in [0.5, 0.6) is 0 Å². The van der Waals surface area contributed by atoms with E-state index in [1.165, 1.54) is 38.1 Å². The molecular weight excluding hydrogens is 493 g/mol. The van der Waals surface area contributed by atoms with Crippen molar-refractivity contribution in [1.29, 1.82) is 0 Å². The van der Waals surface area contributed by atoms with E-state index in [1.807, 2.05) is 0 Å². The van der Waals surface area contributed by atoms with Crippen molar-refractivity contribution >= 4 is 23.5 Å². The molecule has 0 radical (unpaired) electrons. The molecule has 0 aliphatic heterocycles. The lowest BCUT2D eigenvalue weighted by molar-refractivity contribution is -0.143. The molecule has 3 rings (SSSR count). The zero-order valence-corrected chi connectivity index (χ0v) is 19.6. The second kappa shape index (κ2) is 9.11. The second-order valence-electron chi connectivity index (χ2n) is 7.98. The smallest absolute Gasteiger partial charge is 0.302 e. The highest BCUT2D eigenvalue weighted by molar-refractivity contribution is 8.01. The zero-order valence-electron chi connectivity index (χ0n) is 18.7. The summed E-state index contributed by atoms with van der Waals surface area (Å²) < 4.78 is 97.0. The number of carbonyl (C=O) groups is 2. The highest BCUT2D eigenvalue weighted by Crippen LogP contribution is 2.55. The predicted octanol–water partition coefficient (Wildman–Crippen LogP) is 7.32. The molecular formula is C25H19F6O3P. The monoisotopic (exact) mass is 512 g/mol. The third kappa shape index (κ3) is 4.69. The Kier molecular flexibility index (Phi) is 6.88. The fourth-order valence-electron chi connectivity index (χ4n) is 3.82. The van der Waals surface area contributed by atoms with Crippen LogP contribution in [0.15, 0.2) is 60.7 Å². The summed E-state index contributed by atoms with van der Waals surface area (Å²) in [6, 6.07) is 10.4. The van der Waals surface area contributed by atoms with E-state index >= 15 is 0 Å². The van der Waals surface area contributed by atoms with Gasteiger partial charge >= 0.3 is 12.4 Å². The summed E-state index contributed by atoms with van der Waals surface area (Å²) in [5.74, 6) is 0. The van der Waals surface area contributed by atoms with Gasteiger partial charge in [0, 0.05) is 10.9 Å². The van der Waals surface area contributed by atoms with Crippen LogP contribution in [-0.2, 0) is 16.9 Å². The zero-order chi connectivity index (χ0) is 26.3. The summed E-state index contributed by atoms with van der Waals surface area (Å²) in [7, 11) is -5.24. The Morgan fingerprint density at radius 3 is 1.57 bits per heavy atom. The summed E-state index contributed by atoms with van der Waals surface area (Å²) in [5, 5.41) is -0.458. The van der Waals surface area contributed by atoms with Gasteiger partial charge in [-0.05, 0) is 49.6 Å². The average molecular weight is 512 g/mol. The van der Waals surface area contributed by atoms with Gasteiger partial charge in [-0.3, -0.25) is 9.59 Å². The Labute approximate surface area is 197 Å². The molecule has 1 unspecified atom stereocenters. The van der Waals surface area contributed by atoms with Gasteiger partial charge in [-0.1, -0.05) is 48.5 Å². The molecule has 1 atom stereocenters. The van der Waals surface area contributed by atoms with Gasteiger partial charge in [-0.15, -0.1) is 0 Å². The maximum atomic E-state index is 14.4. The van der Waals surface area contributed by atoms with E-state index in [0.29, 0.717) is 29.3 Å². The number of carbonyl (C=O) groups excluding carboxylic acids is 2. The van der Waals surface area contributed by atoms with Crippen molar-refractivity contribution in [3.05, 3.63) is 99.6 Å². The van der Waals surface area contributed by atoms with Crippen LogP contribution in [0.2, 0.25) is 0 Å². The molecule has 0 aliphatic rings. The number of rotatable bonds is 5. The Morgan fingerprint density at radius 1 is 0.629 bits per heavy atom. The van der Waals surface area contributed by atoms with E-state index in [-0.39, 0.29) is 11.1 Å². The van der Waals surface area contributed by atoms with Crippen LogP contribution in [0.4, 0.5) is 26.3 Å². The van der Waals surface area contributed by atoms with E-state index in [0.717, 1.165) is 12.1 Å². The van der Waals surface area contributed by atoms with Crippen molar-refractivity contribution in [2.24, 2.45) is 0 Å². The van der Waals surface area contributed by atoms with Crippen molar-refractivity contribution in [2.45, 2.75) is 33.1 Å². The van der Waals surface area contributed by atoms with Gasteiger partial charge in [-0.25, -0.2) is 0 Å². The molecule has 0 aliphatic carbocycles. The summed E-state index contributed by atoms with van der Waals surface area (Å²) in [6.07, 6.45) is -10.8. The summed E-state index contributed by atoms with van der Waals surface area (Å²) in [4.78, 5) is 27.4. The minimum atomic E-state index is -5.38. The van der Waals surface area contributed by atoms with Crippen molar-refractivity contribution in [1.82, 2.24) is 0 Å². The van der Waals surface area contributed by atoms with Gasteiger partial charge in [0.25, 0.3) is 0 Å². The standard InChI is InChI=1S/C25H19F6O3P/c1-14-12-13-15(2)20(16(14)3)22(32)35(34,17-8-5-4-6-9-17)23(33)21-18(24(26,27)28)10-7-11-19(21)25(29,30)31/h4-13H,1-3H3. The van der Waals surface area contributed by atoms with Crippen LogP contribution in [0.25, 0.3) is 0 Å². The van der Waals surface area contributed by atoms with Gasteiger partial charge in [0.1, 0.15) is 0 Å². The first-order chi connectivity index (χ1) is 16.1. The molecule has 0 fully saturated rings. The molecule has 184 valence electrons. The summed E-state index contributed by atoms with van der Waals surface area (Å²) in [6.45, 7) is 4.60. The number of halogens is 6. The summed E-state index contributed by atoms with van der Waals surface area (Å²) in [5.41, 5.74) is -8.02. The molecule has 35 heavy (non-hydrogen) atoms. The lowest BCUT2D eigenvalue weighted by Crippen LogP contribution is -2.26. The molecule has 0 amide bonds. The van der Waals surface area contributed by atoms with Gasteiger partial charge in [-0.2, -0.15) is 26.3 Å². The fourth-order valence-corrected chi connectivity index (χ4v) is 6.28. The third-order valence-corrected chi connectivity index (χ3v) is 8.36.